The Kier molecular flexibility index (Phi) is 7.67. The van der Waals surface area contributed by atoms with Gasteiger partial charge in [-0.15, -0.1) is 0 Å². The van der Waals surface area contributed by atoms with E-state index in [1.54, 1.807) is 36.5 Å². The number of carbonyl (C=O) groups excluding carboxylic acids is 1. The molecule has 1 heterocycles. The van der Waals surface area contributed by atoms with Gasteiger partial charge < -0.3 is 15.5 Å². The number of halogens is 1. The Morgan fingerprint density at radius 1 is 0.943 bits per heavy atom. The quantitative estimate of drug-likeness (QED) is 0.324. The molecule has 178 valence electrons. The summed E-state index contributed by atoms with van der Waals surface area (Å²) in [6.45, 7) is 6.65. The molecule has 0 spiro atoms. The van der Waals surface area contributed by atoms with Crippen LogP contribution < -0.4 is 15.5 Å². The zero-order valence-corrected chi connectivity index (χ0v) is 19.8. The van der Waals surface area contributed by atoms with Crippen LogP contribution in [0.15, 0.2) is 85.1 Å². The van der Waals surface area contributed by atoms with Crippen molar-refractivity contribution in [2.24, 2.45) is 0 Å². The lowest BCUT2D eigenvalue weighted by atomic mass is 10.1. The first kappa shape index (κ1) is 23.9. The van der Waals surface area contributed by atoms with Gasteiger partial charge in [0.15, 0.2) is 5.82 Å². The molecule has 6 nitrogen and oxygen atoms in total. The molecule has 0 unspecified atom stereocenters. The molecule has 0 aliphatic carbocycles. The average Bonchev–Trinajstić information content (AvgIpc) is 2.89. The molecule has 1 aromatic heterocycles. The third-order valence-electron chi connectivity index (χ3n) is 5.68. The van der Waals surface area contributed by atoms with Crippen LogP contribution in [0.25, 0.3) is 11.4 Å². The van der Waals surface area contributed by atoms with E-state index in [-0.39, 0.29) is 11.7 Å². The average molecular weight is 470 g/mol. The van der Waals surface area contributed by atoms with Gasteiger partial charge in [-0.25, -0.2) is 14.4 Å². The smallest absolute Gasteiger partial charge is 0.251 e. The minimum absolute atomic E-state index is 0.139. The molecule has 3 aromatic carbocycles. The van der Waals surface area contributed by atoms with E-state index >= 15 is 0 Å². The first-order chi connectivity index (χ1) is 17.1. The molecule has 0 fully saturated rings. The standard InChI is InChI=1S/C28H28FN5O/c1-3-34(4-2)25-14-8-20(9-15-25)19-31-28(35)21-10-12-24(13-11-21)32-26-16-17-30-27(33-26)22-6-5-7-23(29)18-22/h5-18H,3-4,19H2,1-2H3,(H,31,35)(H,30,32,33). The predicted molar refractivity (Wildman–Crippen MR) is 138 cm³/mol. The van der Waals surface area contributed by atoms with Crippen LogP contribution in [0.2, 0.25) is 0 Å². The van der Waals surface area contributed by atoms with E-state index in [4.69, 9.17) is 0 Å². The molecular formula is C28H28FN5O. The van der Waals surface area contributed by atoms with Crippen molar-refractivity contribution >= 4 is 23.1 Å². The third kappa shape index (κ3) is 6.20. The SMILES string of the molecule is CCN(CC)c1ccc(CNC(=O)c2ccc(Nc3ccnc(-c4cccc(F)c4)n3)cc2)cc1. The Hall–Kier alpha value is -4.26. The minimum Gasteiger partial charge on any atom is -0.372 e. The van der Waals surface area contributed by atoms with Gasteiger partial charge in [0.2, 0.25) is 0 Å². The van der Waals surface area contributed by atoms with Crippen LogP contribution in [0.4, 0.5) is 21.6 Å². The van der Waals surface area contributed by atoms with E-state index in [1.807, 2.05) is 24.3 Å². The summed E-state index contributed by atoms with van der Waals surface area (Å²) in [6.07, 6.45) is 1.62. The number of hydrogen-bond donors (Lipinski definition) is 2. The molecule has 0 saturated carbocycles. The molecule has 2 N–H and O–H groups in total. The van der Waals surface area contributed by atoms with Gasteiger partial charge in [0, 0.05) is 48.3 Å². The molecule has 1 amide bonds. The number of benzene rings is 3. The van der Waals surface area contributed by atoms with Crippen molar-refractivity contribution in [2.75, 3.05) is 23.3 Å². The number of nitrogens with zero attached hydrogens (tertiary/aromatic N) is 3. The van der Waals surface area contributed by atoms with Gasteiger partial charge in [-0.1, -0.05) is 24.3 Å². The highest BCUT2D eigenvalue weighted by Crippen LogP contribution is 2.20. The molecule has 35 heavy (non-hydrogen) atoms. The summed E-state index contributed by atoms with van der Waals surface area (Å²) in [4.78, 5) is 23.6. The van der Waals surface area contributed by atoms with Gasteiger partial charge in [0.25, 0.3) is 5.91 Å². The zero-order chi connectivity index (χ0) is 24.6. The van der Waals surface area contributed by atoms with Crippen LogP contribution in [0.5, 0.6) is 0 Å². The van der Waals surface area contributed by atoms with Gasteiger partial charge in [-0.3, -0.25) is 4.79 Å². The van der Waals surface area contributed by atoms with Crippen LogP contribution in [0.1, 0.15) is 29.8 Å². The Bertz CT molecular complexity index is 1270. The van der Waals surface area contributed by atoms with Crippen molar-refractivity contribution in [3.63, 3.8) is 0 Å². The second-order valence-corrected chi connectivity index (χ2v) is 8.00. The molecule has 0 atom stereocenters. The fourth-order valence-electron chi connectivity index (χ4n) is 3.75. The van der Waals surface area contributed by atoms with Crippen LogP contribution in [0, 0.1) is 5.82 Å². The molecule has 0 saturated heterocycles. The lowest BCUT2D eigenvalue weighted by Gasteiger charge is -2.21. The lowest BCUT2D eigenvalue weighted by Crippen LogP contribution is -2.23. The van der Waals surface area contributed by atoms with Crippen LogP contribution >= 0.6 is 0 Å². The maximum atomic E-state index is 13.5. The lowest BCUT2D eigenvalue weighted by molar-refractivity contribution is 0.0951. The Morgan fingerprint density at radius 2 is 1.69 bits per heavy atom. The highest BCUT2D eigenvalue weighted by atomic mass is 19.1. The normalized spacial score (nSPS) is 10.6. The summed E-state index contributed by atoms with van der Waals surface area (Å²) in [7, 11) is 0. The zero-order valence-electron chi connectivity index (χ0n) is 19.8. The first-order valence-electron chi connectivity index (χ1n) is 11.6. The van der Waals surface area contributed by atoms with E-state index in [0.29, 0.717) is 29.3 Å². The fourth-order valence-corrected chi connectivity index (χ4v) is 3.75. The number of carbonyl (C=O) groups is 1. The third-order valence-corrected chi connectivity index (χ3v) is 5.68. The fraction of sp³-hybridized carbons (Fsp3) is 0.179. The molecule has 0 aliphatic rings. The van der Waals surface area contributed by atoms with Crippen molar-refractivity contribution in [1.82, 2.24) is 15.3 Å². The molecular weight excluding hydrogens is 441 g/mol. The first-order valence-corrected chi connectivity index (χ1v) is 11.6. The summed E-state index contributed by atoms with van der Waals surface area (Å²) in [5.41, 5.74) is 4.17. The van der Waals surface area contributed by atoms with E-state index in [2.05, 4.69) is 51.5 Å². The molecule has 0 radical (unpaired) electrons. The van der Waals surface area contributed by atoms with Gasteiger partial charge in [-0.2, -0.15) is 0 Å². The topological polar surface area (TPSA) is 70.2 Å². The molecule has 4 aromatic rings. The summed E-state index contributed by atoms with van der Waals surface area (Å²) in [5.74, 6) is 0.523. The van der Waals surface area contributed by atoms with Crippen LogP contribution in [-0.4, -0.2) is 29.0 Å². The van der Waals surface area contributed by atoms with Gasteiger partial charge >= 0.3 is 0 Å². The molecule has 0 aliphatic heterocycles. The van der Waals surface area contributed by atoms with E-state index in [0.717, 1.165) is 24.3 Å². The molecule has 4 rings (SSSR count). The second-order valence-electron chi connectivity index (χ2n) is 8.00. The number of nitrogens with one attached hydrogen (secondary N) is 2. The highest BCUT2D eigenvalue weighted by molar-refractivity contribution is 5.94. The number of rotatable bonds is 9. The van der Waals surface area contributed by atoms with Crippen molar-refractivity contribution in [2.45, 2.75) is 20.4 Å². The summed E-state index contributed by atoms with van der Waals surface area (Å²) in [5, 5.41) is 6.16. The van der Waals surface area contributed by atoms with Gasteiger partial charge in [0.1, 0.15) is 11.6 Å². The van der Waals surface area contributed by atoms with Crippen LogP contribution in [0.3, 0.4) is 0 Å². The minimum atomic E-state index is -0.338. The Balaban J connectivity index is 1.35. The van der Waals surface area contributed by atoms with Crippen molar-refractivity contribution in [3.05, 3.63) is 102 Å². The molecule has 0 bridgehead atoms. The largest absolute Gasteiger partial charge is 0.372 e. The van der Waals surface area contributed by atoms with Crippen molar-refractivity contribution in [1.29, 1.82) is 0 Å². The summed E-state index contributed by atoms with van der Waals surface area (Å²) < 4.78 is 13.5. The van der Waals surface area contributed by atoms with E-state index in [9.17, 15) is 9.18 Å². The second kappa shape index (κ2) is 11.2. The Morgan fingerprint density at radius 3 is 2.37 bits per heavy atom. The highest BCUT2D eigenvalue weighted by Gasteiger charge is 2.08. The van der Waals surface area contributed by atoms with Gasteiger partial charge in [-0.05, 0) is 74.0 Å². The van der Waals surface area contributed by atoms with E-state index in [1.165, 1.54) is 17.8 Å². The summed E-state index contributed by atoms with van der Waals surface area (Å²) in [6, 6.07) is 23.3. The molecule has 7 heteroatoms. The number of hydrogen-bond acceptors (Lipinski definition) is 5. The van der Waals surface area contributed by atoms with Gasteiger partial charge in [0.05, 0.1) is 0 Å². The maximum Gasteiger partial charge on any atom is 0.251 e. The van der Waals surface area contributed by atoms with Crippen molar-refractivity contribution in [3.8, 4) is 11.4 Å². The maximum absolute atomic E-state index is 13.5. The summed E-state index contributed by atoms with van der Waals surface area (Å²) >= 11 is 0. The Labute approximate surface area is 204 Å². The number of anilines is 3. The van der Waals surface area contributed by atoms with Crippen molar-refractivity contribution < 1.29 is 9.18 Å². The van der Waals surface area contributed by atoms with E-state index < -0.39 is 0 Å². The predicted octanol–water partition coefficient (Wildman–Crippen LogP) is 5.80. The number of aromatic nitrogens is 2. The van der Waals surface area contributed by atoms with Crippen LogP contribution in [-0.2, 0) is 6.54 Å². The number of amides is 1. The monoisotopic (exact) mass is 469 g/mol.